The molecule has 0 saturated carbocycles. The number of halogens is 1. The lowest BCUT2D eigenvalue weighted by molar-refractivity contribution is -0.142. The van der Waals surface area contributed by atoms with Crippen LogP contribution in [0.4, 0.5) is 10.1 Å². The Balaban J connectivity index is 2.03. The van der Waals surface area contributed by atoms with Crippen molar-refractivity contribution in [3.63, 3.8) is 0 Å². The monoisotopic (exact) mass is 288 g/mol. The Morgan fingerprint density at radius 2 is 2.19 bits per heavy atom. The number of nitrogens with zero attached hydrogens (tertiary/aromatic N) is 2. The zero-order valence-corrected chi connectivity index (χ0v) is 12.1. The maximum Gasteiger partial charge on any atom is 0.310 e. The molecule has 0 aromatic heterocycles. The normalized spacial score (nSPS) is 14.7. The molecular weight excluding hydrogens is 270 g/mol. The molecule has 0 amide bonds. The van der Waals surface area contributed by atoms with Crippen LogP contribution >= 0.6 is 0 Å². The van der Waals surface area contributed by atoms with Gasteiger partial charge in [-0.3, -0.25) is 4.79 Å². The predicted octanol–water partition coefficient (Wildman–Crippen LogP) is 2.31. The Morgan fingerprint density at radius 3 is 2.76 bits per heavy atom. The van der Waals surface area contributed by atoms with Crippen molar-refractivity contribution in [2.24, 2.45) is 0 Å². The molecule has 1 aromatic carbocycles. The Kier molecular flexibility index (Phi) is 5.21. The topological polar surface area (TPSA) is 53.3 Å². The maximum atomic E-state index is 14.2. The van der Waals surface area contributed by atoms with E-state index in [4.69, 9.17) is 10.00 Å². The van der Waals surface area contributed by atoms with Crippen molar-refractivity contribution in [2.75, 3.05) is 24.6 Å². The van der Waals surface area contributed by atoms with Crippen LogP contribution in [0.5, 0.6) is 0 Å². The van der Waals surface area contributed by atoms with Crippen molar-refractivity contribution < 1.29 is 13.9 Å². The fraction of sp³-hybridized carbons (Fsp3) is 0.467. The maximum absolute atomic E-state index is 14.2. The molecule has 0 atom stereocenters. The molecule has 0 radical (unpaired) electrons. The minimum Gasteiger partial charge on any atom is -0.466 e. The van der Waals surface area contributed by atoms with Gasteiger partial charge in [-0.25, -0.2) is 9.65 Å². The summed E-state index contributed by atoms with van der Waals surface area (Å²) < 4.78 is 19.0. The molecule has 0 unspecified atom stereocenters. The first-order chi connectivity index (χ1) is 10.1. The summed E-state index contributed by atoms with van der Waals surface area (Å²) in [5, 5.41) is 8.88. The summed E-state index contributed by atoms with van der Waals surface area (Å²) in [5.41, 5.74) is 1.15. The van der Waals surface area contributed by atoms with Crippen molar-refractivity contribution >= 4 is 18.4 Å². The zero-order valence-electron chi connectivity index (χ0n) is 12.1. The summed E-state index contributed by atoms with van der Waals surface area (Å²) >= 11 is 0. The zero-order chi connectivity index (χ0) is 15.2. The molecule has 21 heavy (non-hydrogen) atoms. The first-order valence-corrected chi connectivity index (χ1v) is 7.22. The van der Waals surface area contributed by atoms with Gasteiger partial charge in [-0.05, 0) is 37.3 Å². The van der Waals surface area contributed by atoms with Crippen LogP contribution < -0.4 is 4.90 Å². The van der Waals surface area contributed by atoms with Gasteiger partial charge < -0.3 is 9.64 Å². The number of hydrogen-bond donors (Lipinski definition) is 0. The molecule has 1 aliphatic heterocycles. The van der Waals surface area contributed by atoms with Crippen molar-refractivity contribution in [1.29, 1.82) is 5.26 Å². The standard InChI is InChI=1S/C15H18BFN2O2/c1-2-21-15(20)10-12-3-4-14(13(17)9-12)19-7-5-16(11-18)6-8-19/h3-4,9H,2,5-8,10H2,1H3. The van der Waals surface area contributed by atoms with Gasteiger partial charge in [0.15, 0.2) is 0 Å². The quantitative estimate of drug-likeness (QED) is 0.630. The molecule has 0 spiro atoms. The van der Waals surface area contributed by atoms with Crippen molar-refractivity contribution in [3.8, 4) is 5.97 Å². The van der Waals surface area contributed by atoms with E-state index < -0.39 is 0 Å². The van der Waals surface area contributed by atoms with E-state index in [0.717, 1.165) is 12.6 Å². The van der Waals surface area contributed by atoms with E-state index in [9.17, 15) is 9.18 Å². The first-order valence-electron chi connectivity index (χ1n) is 7.22. The summed E-state index contributed by atoms with van der Waals surface area (Å²) in [6.45, 7) is 3.52. The number of nitriles is 1. The second-order valence-electron chi connectivity index (χ2n) is 5.16. The average molecular weight is 288 g/mol. The fourth-order valence-electron chi connectivity index (χ4n) is 2.54. The van der Waals surface area contributed by atoms with E-state index in [1.54, 1.807) is 19.1 Å². The van der Waals surface area contributed by atoms with Gasteiger partial charge in [-0.15, -0.1) is 0 Å². The third-order valence-corrected chi connectivity index (χ3v) is 3.68. The number of hydrogen-bond acceptors (Lipinski definition) is 4. The summed E-state index contributed by atoms with van der Waals surface area (Å²) in [4.78, 5) is 13.3. The third-order valence-electron chi connectivity index (χ3n) is 3.68. The van der Waals surface area contributed by atoms with Crippen LogP contribution in [0.2, 0.25) is 12.6 Å². The van der Waals surface area contributed by atoms with Crippen LogP contribution in [0.15, 0.2) is 18.2 Å². The van der Waals surface area contributed by atoms with E-state index in [1.165, 1.54) is 6.07 Å². The fourth-order valence-corrected chi connectivity index (χ4v) is 2.54. The Bertz CT molecular complexity index is 551. The number of rotatable bonds is 4. The second kappa shape index (κ2) is 7.12. The Labute approximate surface area is 124 Å². The van der Waals surface area contributed by atoms with E-state index in [-0.39, 0.29) is 24.9 Å². The van der Waals surface area contributed by atoms with Crippen molar-refractivity contribution in [2.45, 2.75) is 26.0 Å². The van der Waals surface area contributed by atoms with E-state index in [0.29, 0.717) is 30.9 Å². The number of benzene rings is 1. The molecular formula is C15H18BFN2O2. The minimum absolute atomic E-state index is 0.0763. The van der Waals surface area contributed by atoms with Crippen LogP contribution in [0, 0.1) is 17.0 Å². The summed E-state index contributed by atoms with van der Waals surface area (Å²) in [5.74, 6) is 1.59. The molecule has 0 N–H and O–H groups in total. The van der Waals surface area contributed by atoms with Gasteiger partial charge >= 0.3 is 5.97 Å². The number of anilines is 1. The summed E-state index contributed by atoms with van der Waals surface area (Å²) in [6, 6.07) is 4.85. The number of esters is 1. The molecule has 1 fully saturated rings. The number of carbonyl (C=O) groups is 1. The van der Waals surface area contributed by atoms with Crippen LogP contribution in [0.3, 0.4) is 0 Å². The summed E-state index contributed by atoms with van der Waals surface area (Å²) in [7, 11) is 0. The highest BCUT2D eigenvalue weighted by Gasteiger charge is 2.24. The Morgan fingerprint density at radius 1 is 1.48 bits per heavy atom. The molecule has 0 aliphatic carbocycles. The molecule has 2 rings (SSSR count). The van der Waals surface area contributed by atoms with Crippen LogP contribution in [-0.4, -0.2) is 32.4 Å². The molecule has 1 aromatic rings. The van der Waals surface area contributed by atoms with Gasteiger partial charge in [0.1, 0.15) is 5.82 Å². The van der Waals surface area contributed by atoms with Gasteiger partial charge in [0.25, 0.3) is 6.71 Å². The minimum atomic E-state index is -0.348. The van der Waals surface area contributed by atoms with Gasteiger partial charge in [-0.1, -0.05) is 6.07 Å². The SMILES string of the molecule is CCOC(=O)Cc1ccc(N2CCB(C#N)CC2)c(F)c1. The molecule has 1 aliphatic rings. The molecule has 6 heteroatoms. The van der Waals surface area contributed by atoms with E-state index in [1.807, 2.05) is 4.90 Å². The highest BCUT2D eigenvalue weighted by atomic mass is 19.1. The highest BCUT2D eigenvalue weighted by Crippen LogP contribution is 2.24. The van der Waals surface area contributed by atoms with Crippen LogP contribution in [0.1, 0.15) is 12.5 Å². The predicted molar refractivity (Wildman–Crippen MR) is 79.9 cm³/mol. The average Bonchev–Trinajstić information content (AvgIpc) is 2.48. The number of ether oxygens (including phenoxy) is 1. The molecule has 4 nitrogen and oxygen atoms in total. The lowest BCUT2D eigenvalue weighted by atomic mass is 9.45. The number of carbonyl (C=O) groups excluding carboxylic acids is 1. The third kappa shape index (κ3) is 3.97. The summed E-state index contributed by atoms with van der Waals surface area (Å²) in [6.07, 6.45) is 1.61. The van der Waals surface area contributed by atoms with Gasteiger partial charge in [0, 0.05) is 19.1 Å². The van der Waals surface area contributed by atoms with Gasteiger partial charge in [-0.2, -0.15) is 0 Å². The lowest BCUT2D eigenvalue weighted by Gasteiger charge is -2.30. The highest BCUT2D eigenvalue weighted by molar-refractivity contribution is 6.67. The van der Waals surface area contributed by atoms with E-state index in [2.05, 4.69) is 5.97 Å². The smallest absolute Gasteiger partial charge is 0.310 e. The first kappa shape index (κ1) is 15.4. The van der Waals surface area contributed by atoms with Crippen molar-refractivity contribution in [1.82, 2.24) is 0 Å². The van der Waals surface area contributed by atoms with Crippen LogP contribution in [-0.2, 0) is 16.0 Å². The Hall–Kier alpha value is -2.03. The lowest BCUT2D eigenvalue weighted by Crippen LogP contribution is -2.37. The van der Waals surface area contributed by atoms with E-state index >= 15 is 0 Å². The van der Waals surface area contributed by atoms with Gasteiger partial charge in [0.2, 0.25) is 0 Å². The second-order valence-corrected chi connectivity index (χ2v) is 5.16. The van der Waals surface area contributed by atoms with Gasteiger partial charge in [0.05, 0.1) is 18.7 Å². The van der Waals surface area contributed by atoms with Crippen molar-refractivity contribution in [3.05, 3.63) is 29.6 Å². The largest absolute Gasteiger partial charge is 0.466 e. The molecule has 0 bridgehead atoms. The van der Waals surface area contributed by atoms with Crippen LogP contribution in [0.25, 0.3) is 0 Å². The molecule has 110 valence electrons. The molecule has 1 saturated heterocycles. The molecule has 1 heterocycles.